The van der Waals surface area contributed by atoms with Gasteiger partial charge in [0.05, 0.1) is 25.6 Å². The fraction of sp³-hybridized carbons (Fsp3) is 0.611. The molecule has 2 aromatic rings. The van der Waals surface area contributed by atoms with Gasteiger partial charge in [0.2, 0.25) is 17.8 Å². The number of nitrogens with one attached hydrogen (secondary N) is 2. The molecule has 0 aliphatic carbocycles. The summed E-state index contributed by atoms with van der Waals surface area (Å²) < 4.78 is 6.73. The van der Waals surface area contributed by atoms with Crippen molar-refractivity contribution in [3.05, 3.63) is 16.7 Å². The Bertz CT molecular complexity index is 969. The minimum Gasteiger partial charge on any atom is -0.394 e. The molecule has 0 aromatic carbocycles. The molecule has 0 spiro atoms. The van der Waals surface area contributed by atoms with E-state index in [2.05, 4.69) is 20.3 Å². The van der Waals surface area contributed by atoms with E-state index in [0.29, 0.717) is 19.4 Å². The second-order valence-electron chi connectivity index (χ2n) is 7.51. The Balaban J connectivity index is 1.78. The van der Waals surface area contributed by atoms with Gasteiger partial charge in [-0.25, -0.2) is 4.98 Å². The Labute approximate surface area is 172 Å². The van der Waals surface area contributed by atoms with Gasteiger partial charge in [0.15, 0.2) is 11.2 Å². The highest BCUT2D eigenvalue weighted by molar-refractivity contribution is 5.97. The second-order valence-corrected chi connectivity index (χ2v) is 7.51. The first-order chi connectivity index (χ1) is 14.3. The van der Waals surface area contributed by atoms with Crippen molar-refractivity contribution < 1.29 is 19.4 Å². The number of H-pyrrole nitrogens is 1. The highest BCUT2D eigenvalue weighted by atomic mass is 16.5. The number of aromatic amines is 1. The van der Waals surface area contributed by atoms with E-state index in [1.54, 1.807) is 0 Å². The normalized spacial score (nSPS) is 17.6. The zero-order chi connectivity index (χ0) is 21.8. The van der Waals surface area contributed by atoms with Crippen LogP contribution in [-0.2, 0) is 21.1 Å². The summed E-state index contributed by atoms with van der Waals surface area (Å²) >= 11 is 0. The standard InChI is InChI=1S/C18H27N7O5/c1-10(2)12(19)17(29)25-5-3-4-11(25)15(27)22-18-21-14-13(16(28)23-18)20-8-24(14)9-30-7-6-26/h8,10-12,26H,3-7,9,19H2,1-2H3,(H2,21,22,23,27,28)/t11-,12-/m0/s1. The number of carbonyl (C=O) groups is 2. The number of imidazole rings is 1. The smallest absolute Gasteiger partial charge is 0.280 e. The summed E-state index contributed by atoms with van der Waals surface area (Å²) in [6.45, 7) is 4.18. The number of aromatic nitrogens is 4. The number of nitrogens with zero attached hydrogens (tertiary/aromatic N) is 4. The quantitative estimate of drug-likeness (QED) is 0.393. The van der Waals surface area contributed by atoms with Crippen LogP contribution in [0.2, 0.25) is 0 Å². The van der Waals surface area contributed by atoms with Gasteiger partial charge in [-0.3, -0.25) is 29.3 Å². The summed E-state index contributed by atoms with van der Waals surface area (Å²) in [5.74, 6) is -0.801. The van der Waals surface area contributed by atoms with Gasteiger partial charge in [-0.1, -0.05) is 13.8 Å². The topological polar surface area (TPSA) is 168 Å². The molecular weight excluding hydrogens is 394 g/mol. The van der Waals surface area contributed by atoms with Crippen LogP contribution in [0.25, 0.3) is 11.2 Å². The summed E-state index contributed by atoms with van der Waals surface area (Å²) in [5, 5.41) is 11.4. The SMILES string of the molecule is CC(C)[C@H](N)C(=O)N1CCC[C@H]1C(=O)Nc1nc2c(ncn2COCCO)c(=O)[nH]1. The molecule has 0 unspecified atom stereocenters. The number of anilines is 1. The Morgan fingerprint density at radius 3 is 2.93 bits per heavy atom. The second kappa shape index (κ2) is 9.32. The van der Waals surface area contributed by atoms with Crippen LogP contribution in [-0.4, -0.2) is 73.2 Å². The molecular formula is C18H27N7O5. The molecule has 1 aliphatic heterocycles. The molecule has 2 aromatic heterocycles. The lowest BCUT2D eigenvalue weighted by molar-refractivity contribution is -0.138. The van der Waals surface area contributed by atoms with Gasteiger partial charge < -0.3 is 20.5 Å². The van der Waals surface area contributed by atoms with Crippen LogP contribution < -0.4 is 16.6 Å². The molecule has 3 heterocycles. The zero-order valence-corrected chi connectivity index (χ0v) is 17.0. The van der Waals surface area contributed by atoms with Crippen LogP contribution in [0.3, 0.4) is 0 Å². The molecule has 1 aliphatic rings. The van der Waals surface area contributed by atoms with Crippen molar-refractivity contribution in [3.63, 3.8) is 0 Å². The van der Waals surface area contributed by atoms with Crippen molar-refractivity contribution >= 4 is 28.9 Å². The molecule has 12 heteroatoms. The Hall–Kier alpha value is -2.83. The Kier molecular flexibility index (Phi) is 6.80. The molecule has 1 fully saturated rings. The lowest BCUT2D eigenvalue weighted by atomic mass is 10.0. The monoisotopic (exact) mass is 421 g/mol. The van der Waals surface area contributed by atoms with Crippen molar-refractivity contribution in [2.45, 2.75) is 45.5 Å². The van der Waals surface area contributed by atoms with Gasteiger partial charge in [-0.2, -0.15) is 4.98 Å². The minimum absolute atomic E-state index is 0.0406. The summed E-state index contributed by atoms with van der Waals surface area (Å²) in [6.07, 6.45) is 2.58. The number of nitrogens with two attached hydrogens (primary N) is 1. The fourth-order valence-corrected chi connectivity index (χ4v) is 3.31. The van der Waals surface area contributed by atoms with Gasteiger partial charge >= 0.3 is 0 Å². The molecule has 0 saturated carbocycles. The summed E-state index contributed by atoms with van der Waals surface area (Å²) in [4.78, 5) is 50.0. The van der Waals surface area contributed by atoms with Crippen LogP contribution in [0.4, 0.5) is 5.95 Å². The van der Waals surface area contributed by atoms with Crippen LogP contribution >= 0.6 is 0 Å². The minimum atomic E-state index is -0.680. The van der Waals surface area contributed by atoms with E-state index in [-0.39, 0.29) is 48.9 Å². The molecule has 3 rings (SSSR count). The van der Waals surface area contributed by atoms with Crippen LogP contribution in [0, 0.1) is 5.92 Å². The van der Waals surface area contributed by atoms with Crippen LogP contribution in [0.5, 0.6) is 0 Å². The number of amides is 2. The molecule has 1 saturated heterocycles. The van der Waals surface area contributed by atoms with Gasteiger partial charge in [0, 0.05) is 6.54 Å². The van der Waals surface area contributed by atoms with Crippen molar-refractivity contribution in [2.24, 2.45) is 11.7 Å². The number of ether oxygens (including phenoxy) is 1. The van der Waals surface area contributed by atoms with E-state index in [1.165, 1.54) is 15.8 Å². The van der Waals surface area contributed by atoms with Crippen molar-refractivity contribution in [1.82, 2.24) is 24.4 Å². The van der Waals surface area contributed by atoms with Crippen molar-refractivity contribution in [1.29, 1.82) is 0 Å². The molecule has 2 amide bonds. The van der Waals surface area contributed by atoms with E-state index in [1.807, 2.05) is 13.8 Å². The molecule has 0 radical (unpaired) electrons. The number of hydrogen-bond donors (Lipinski definition) is 4. The fourth-order valence-electron chi connectivity index (χ4n) is 3.31. The lowest BCUT2D eigenvalue weighted by Crippen LogP contribution is -2.51. The molecule has 164 valence electrons. The molecule has 5 N–H and O–H groups in total. The highest BCUT2D eigenvalue weighted by Crippen LogP contribution is 2.21. The number of hydrogen-bond acceptors (Lipinski definition) is 8. The van der Waals surface area contributed by atoms with Gasteiger partial charge in [0.1, 0.15) is 12.8 Å². The van der Waals surface area contributed by atoms with Crippen molar-refractivity contribution in [3.8, 4) is 0 Å². The largest absolute Gasteiger partial charge is 0.394 e. The van der Waals surface area contributed by atoms with Gasteiger partial charge in [0.25, 0.3) is 5.56 Å². The third-order valence-corrected chi connectivity index (χ3v) is 5.02. The average molecular weight is 421 g/mol. The molecule has 12 nitrogen and oxygen atoms in total. The Morgan fingerprint density at radius 1 is 1.47 bits per heavy atom. The van der Waals surface area contributed by atoms with E-state index >= 15 is 0 Å². The van der Waals surface area contributed by atoms with Gasteiger partial charge in [-0.05, 0) is 18.8 Å². The van der Waals surface area contributed by atoms with E-state index < -0.39 is 23.6 Å². The first kappa shape index (κ1) is 21.9. The number of fused-ring (bicyclic) bond motifs is 1. The highest BCUT2D eigenvalue weighted by Gasteiger charge is 2.37. The number of aliphatic hydroxyl groups excluding tert-OH is 1. The Morgan fingerprint density at radius 2 is 2.23 bits per heavy atom. The maximum absolute atomic E-state index is 12.8. The van der Waals surface area contributed by atoms with E-state index in [4.69, 9.17) is 15.6 Å². The number of likely N-dealkylation sites (tertiary alicyclic amines) is 1. The maximum atomic E-state index is 12.8. The molecule has 0 bridgehead atoms. The first-order valence-corrected chi connectivity index (χ1v) is 9.84. The van der Waals surface area contributed by atoms with Crippen LogP contribution in [0.1, 0.15) is 26.7 Å². The van der Waals surface area contributed by atoms with Crippen LogP contribution in [0.15, 0.2) is 11.1 Å². The summed E-state index contributed by atoms with van der Waals surface area (Å²) in [7, 11) is 0. The lowest BCUT2D eigenvalue weighted by Gasteiger charge is -2.27. The predicted octanol–water partition coefficient (Wildman–Crippen LogP) is -1.00. The average Bonchev–Trinajstić information content (AvgIpc) is 3.35. The van der Waals surface area contributed by atoms with Gasteiger partial charge in [-0.15, -0.1) is 0 Å². The maximum Gasteiger partial charge on any atom is 0.280 e. The number of carbonyl (C=O) groups excluding carboxylic acids is 2. The summed E-state index contributed by atoms with van der Waals surface area (Å²) in [6, 6.07) is -1.36. The number of aliphatic hydroxyl groups is 1. The summed E-state index contributed by atoms with van der Waals surface area (Å²) in [5.41, 5.74) is 5.78. The third kappa shape index (κ3) is 4.50. The predicted molar refractivity (Wildman–Crippen MR) is 107 cm³/mol. The van der Waals surface area contributed by atoms with Crippen molar-refractivity contribution in [2.75, 3.05) is 25.1 Å². The van der Waals surface area contributed by atoms with E-state index in [9.17, 15) is 14.4 Å². The zero-order valence-electron chi connectivity index (χ0n) is 17.0. The van der Waals surface area contributed by atoms with E-state index in [0.717, 1.165) is 0 Å². The molecule has 2 atom stereocenters. The molecule has 30 heavy (non-hydrogen) atoms. The third-order valence-electron chi connectivity index (χ3n) is 5.02. The first-order valence-electron chi connectivity index (χ1n) is 9.84. The number of rotatable bonds is 8.